The molecule has 3 N–H and O–H groups in total. The smallest absolute Gasteiger partial charge is 0.395 e. The molecule has 0 aliphatic heterocycles. The van der Waals surface area contributed by atoms with Crippen LogP contribution >= 0.6 is 0 Å². The van der Waals surface area contributed by atoms with Gasteiger partial charge in [0.05, 0.1) is 6.61 Å². The summed E-state index contributed by atoms with van der Waals surface area (Å²) < 4.78 is 37.5. The first kappa shape index (κ1) is 12.0. The lowest BCUT2D eigenvalue weighted by atomic mass is 10.2. The van der Waals surface area contributed by atoms with Crippen molar-refractivity contribution in [1.29, 1.82) is 0 Å². The van der Waals surface area contributed by atoms with Gasteiger partial charge in [0.2, 0.25) is 0 Å². The van der Waals surface area contributed by atoms with Crippen molar-refractivity contribution in [2.45, 2.75) is 25.2 Å². The minimum Gasteiger partial charge on any atom is -0.395 e. The van der Waals surface area contributed by atoms with E-state index in [1.54, 1.807) is 0 Å². The van der Waals surface area contributed by atoms with Gasteiger partial charge in [-0.05, 0) is 12.5 Å². The molecular formula is C8H12F3N3O. The quantitative estimate of drug-likeness (QED) is 0.786. The van der Waals surface area contributed by atoms with Crippen molar-refractivity contribution in [3.05, 3.63) is 18.0 Å². The molecule has 1 rings (SSSR count). The molecular weight excluding hydrogens is 211 g/mol. The van der Waals surface area contributed by atoms with Crippen LogP contribution in [0, 0.1) is 0 Å². The van der Waals surface area contributed by atoms with Gasteiger partial charge in [0, 0.05) is 18.8 Å². The summed E-state index contributed by atoms with van der Waals surface area (Å²) in [7, 11) is 0. The van der Waals surface area contributed by atoms with Crippen LogP contribution < -0.4 is 5.73 Å². The van der Waals surface area contributed by atoms with E-state index in [1.165, 1.54) is 10.9 Å². The zero-order chi connectivity index (χ0) is 11.5. The van der Waals surface area contributed by atoms with Gasteiger partial charge in [0.1, 0.15) is 0 Å². The topological polar surface area (TPSA) is 64.1 Å². The highest BCUT2D eigenvalue weighted by atomic mass is 19.4. The van der Waals surface area contributed by atoms with Crippen LogP contribution in [0.2, 0.25) is 0 Å². The van der Waals surface area contributed by atoms with Crippen molar-refractivity contribution in [1.82, 2.24) is 9.78 Å². The fraction of sp³-hybridized carbons (Fsp3) is 0.625. The molecule has 0 saturated carbocycles. The Morgan fingerprint density at radius 2 is 2.20 bits per heavy atom. The number of aryl methyl sites for hydroxylation is 1. The van der Waals surface area contributed by atoms with Gasteiger partial charge in [-0.15, -0.1) is 0 Å². The Bertz CT molecular complexity index is 310. The minimum atomic E-state index is -4.41. The Hall–Kier alpha value is -1.08. The minimum absolute atomic E-state index is 0.187. The van der Waals surface area contributed by atoms with Crippen LogP contribution in [0.25, 0.3) is 0 Å². The van der Waals surface area contributed by atoms with Gasteiger partial charge in [-0.2, -0.15) is 18.3 Å². The fourth-order valence-corrected chi connectivity index (χ4v) is 1.03. The zero-order valence-corrected chi connectivity index (χ0v) is 7.91. The van der Waals surface area contributed by atoms with Crippen LogP contribution in [0.5, 0.6) is 0 Å². The van der Waals surface area contributed by atoms with Crippen LogP contribution in [-0.2, 0) is 12.7 Å². The van der Waals surface area contributed by atoms with E-state index in [0.717, 1.165) is 6.07 Å². The number of hydrogen-bond donors (Lipinski definition) is 2. The summed E-state index contributed by atoms with van der Waals surface area (Å²) in [5, 5.41) is 12.0. The monoisotopic (exact) mass is 223 g/mol. The molecule has 1 heterocycles. The number of alkyl halides is 3. The molecule has 0 bridgehead atoms. The number of aliphatic hydroxyl groups is 1. The van der Waals surface area contributed by atoms with Crippen LogP contribution in [0.15, 0.2) is 12.3 Å². The maximum Gasteiger partial charge on any atom is 0.435 e. The Morgan fingerprint density at radius 1 is 1.53 bits per heavy atom. The SMILES string of the molecule is NC(CO)CCn1ccc(C(F)(F)F)n1. The molecule has 4 nitrogen and oxygen atoms in total. The zero-order valence-electron chi connectivity index (χ0n) is 7.91. The molecule has 0 saturated heterocycles. The third-order valence-electron chi connectivity index (χ3n) is 1.89. The molecule has 0 aliphatic carbocycles. The third kappa shape index (κ3) is 3.52. The maximum absolute atomic E-state index is 12.1. The highest BCUT2D eigenvalue weighted by Crippen LogP contribution is 2.27. The molecule has 7 heteroatoms. The number of halogens is 3. The summed E-state index contributed by atoms with van der Waals surface area (Å²) in [6.07, 6.45) is -2.78. The lowest BCUT2D eigenvalue weighted by molar-refractivity contribution is -0.141. The van der Waals surface area contributed by atoms with Gasteiger partial charge >= 0.3 is 6.18 Å². The Balaban J connectivity index is 2.54. The molecule has 1 aromatic heterocycles. The first-order valence-electron chi connectivity index (χ1n) is 4.40. The standard InChI is InChI=1S/C8H12F3N3O/c9-8(10,11)7-2-4-14(13-7)3-1-6(12)5-15/h2,4,6,15H,1,3,5,12H2. The van der Waals surface area contributed by atoms with Gasteiger partial charge in [0.25, 0.3) is 0 Å². The van der Waals surface area contributed by atoms with Gasteiger partial charge < -0.3 is 10.8 Å². The summed E-state index contributed by atoms with van der Waals surface area (Å²) in [6, 6.07) is 0.480. The second-order valence-corrected chi connectivity index (χ2v) is 3.19. The predicted octanol–water partition coefficient (Wildman–Crippen LogP) is 0.612. The number of aliphatic hydroxyl groups excluding tert-OH is 1. The van der Waals surface area contributed by atoms with Crippen molar-refractivity contribution in [2.75, 3.05) is 6.61 Å². The van der Waals surface area contributed by atoms with Gasteiger partial charge in [-0.25, -0.2) is 0 Å². The molecule has 86 valence electrons. The normalized spacial score (nSPS) is 14.2. The number of nitrogens with two attached hydrogens (primary N) is 1. The van der Waals surface area contributed by atoms with E-state index in [-0.39, 0.29) is 13.2 Å². The molecule has 0 amide bonds. The fourth-order valence-electron chi connectivity index (χ4n) is 1.03. The Kier molecular flexibility index (Phi) is 3.70. The maximum atomic E-state index is 12.1. The van der Waals surface area contributed by atoms with Crippen molar-refractivity contribution in [3.8, 4) is 0 Å². The first-order chi connectivity index (χ1) is 6.93. The lowest BCUT2D eigenvalue weighted by Crippen LogP contribution is -2.26. The van der Waals surface area contributed by atoms with E-state index in [0.29, 0.717) is 6.42 Å². The summed E-state index contributed by atoms with van der Waals surface area (Å²) >= 11 is 0. The summed E-state index contributed by atoms with van der Waals surface area (Å²) in [5.41, 5.74) is 4.48. The molecule has 1 aromatic rings. The molecule has 1 atom stereocenters. The van der Waals surface area contributed by atoms with Crippen LogP contribution in [0.4, 0.5) is 13.2 Å². The second-order valence-electron chi connectivity index (χ2n) is 3.19. The predicted molar refractivity (Wildman–Crippen MR) is 46.9 cm³/mol. The van der Waals surface area contributed by atoms with Crippen molar-refractivity contribution in [2.24, 2.45) is 5.73 Å². The third-order valence-corrected chi connectivity index (χ3v) is 1.89. The van der Waals surface area contributed by atoms with Crippen LogP contribution in [0.1, 0.15) is 12.1 Å². The summed E-state index contributed by atoms with van der Waals surface area (Å²) in [6.45, 7) is 0.0746. The molecule has 0 aliphatic rings. The summed E-state index contributed by atoms with van der Waals surface area (Å²) in [5.74, 6) is 0. The first-order valence-corrected chi connectivity index (χ1v) is 4.40. The lowest BCUT2D eigenvalue weighted by Gasteiger charge is -2.07. The highest BCUT2D eigenvalue weighted by molar-refractivity contribution is 5.03. The van der Waals surface area contributed by atoms with E-state index in [4.69, 9.17) is 10.8 Å². The molecule has 1 unspecified atom stereocenters. The molecule has 0 radical (unpaired) electrons. The molecule has 0 fully saturated rings. The molecule has 0 spiro atoms. The van der Waals surface area contributed by atoms with Crippen molar-refractivity contribution >= 4 is 0 Å². The van der Waals surface area contributed by atoms with E-state index in [9.17, 15) is 13.2 Å². The average molecular weight is 223 g/mol. The number of nitrogens with zero attached hydrogens (tertiary/aromatic N) is 2. The average Bonchev–Trinajstić information content (AvgIpc) is 2.61. The van der Waals surface area contributed by atoms with Crippen LogP contribution in [-0.4, -0.2) is 27.5 Å². The van der Waals surface area contributed by atoms with Crippen molar-refractivity contribution < 1.29 is 18.3 Å². The highest BCUT2D eigenvalue weighted by Gasteiger charge is 2.33. The van der Waals surface area contributed by atoms with Crippen molar-refractivity contribution in [3.63, 3.8) is 0 Å². The van der Waals surface area contributed by atoms with E-state index < -0.39 is 17.9 Å². The van der Waals surface area contributed by atoms with Gasteiger partial charge in [0.15, 0.2) is 5.69 Å². The van der Waals surface area contributed by atoms with E-state index in [1.807, 2.05) is 0 Å². The van der Waals surface area contributed by atoms with Gasteiger partial charge in [-0.1, -0.05) is 0 Å². The Labute approximate surface area is 84.5 Å². The van der Waals surface area contributed by atoms with Gasteiger partial charge in [-0.3, -0.25) is 4.68 Å². The van der Waals surface area contributed by atoms with Crippen LogP contribution in [0.3, 0.4) is 0 Å². The largest absolute Gasteiger partial charge is 0.435 e. The number of aromatic nitrogens is 2. The number of rotatable bonds is 4. The second kappa shape index (κ2) is 4.63. The molecule has 0 aromatic carbocycles. The number of hydrogen-bond acceptors (Lipinski definition) is 3. The Morgan fingerprint density at radius 3 is 2.67 bits per heavy atom. The van der Waals surface area contributed by atoms with E-state index >= 15 is 0 Å². The van der Waals surface area contributed by atoms with E-state index in [2.05, 4.69) is 5.10 Å². The molecule has 15 heavy (non-hydrogen) atoms. The summed E-state index contributed by atoms with van der Waals surface area (Å²) in [4.78, 5) is 0.